The number of H-pyrrole nitrogens is 1. The van der Waals surface area contributed by atoms with Crippen molar-refractivity contribution in [2.45, 2.75) is 0 Å². The van der Waals surface area contributed by atoms with E-state index in [1.165, 1.54) is 0 Å². The number of fused-ring (bicyclic) bond motifs is 2. The molecule has 0 unspecified atom stereocenters. The Bertz CT molecular complexity index is 897. The molecule has 3 nitrogen and oxygen atoms in total. The molecule has 1 N–H and O–H groups in total. The fraction of sp³-hybridized carbons (Fsp3) is 0. The number of para-hydroxylation sites is 2. The maximum atomic E-state index is 12.5. The second-order valence-corrected chi connectivity index (χ2v) is 4.72. The summed E-state index contributed by atoms with van der Waals surface area (Å²) < 4.78 is 5.73. The SMILES string of the molecule is [Li-].[O-]c1c(-c2[nH+]c3ccccc3o2)ccc2ccccc12. The van der Waals surface area contributed by atoms with Crippen molar-refractivity contribution in [2.24, 2.45) is 0 Å². The van der Waals surface area contributed by atoms with Crippen molar-refractivity contribution in [3.05, 3.63) is 60.7 Å². The minimum absolute atomic E-state index is 0. The summed E-state index contributed by atoms with van der Waals surface area (Å²) in [7, 11) is 0. The molecule has 0 bridgehead atoms. The molecule has 1 heterocycles. The number of aromatic amines is 1. The molecule has 98 valence electrons. The number of nitrogens with one attached hydrogen (secondary N) is 1. The Morgan fingerprint density at radius 2 is 1.62 bits per heavy atom. The van der Waals surface area contributed by atoms with Crippen LogP contribution in [0, 0.1) is 0 Å². The average molecular weight is 268 g/mol. The Morgan fingerprint density at radius 3 is 2.48 bits per heavy atom. The van der Waals surface area contributed by atoms with Gasteiger partial charge in [-0.3, -0.25) is 0 Å². The fourth-order valence-corrected chi connectivity index (χ4v) is 2.46. The smallest absolute Gasteiger partial charge is 0.379 e. The molecule has 0 amide bonds. The van der Waals surface area contributed by atoms with Gasteiger partial charge in [-0.15, -0.1) is 0 Å². The molecule has 2 radical (unpaired) electrons. The first kappa shape index (κ1) is 13.8. The van der Waals surface area contributed by atoms with Gasteiger partial charge in [0.05, 0.1) is 5.56 Å². The van der Waals surface area contributed by atoms with Gasteiger partial charge in [-0.05, 0) is 22.9 Å². The molecule has 0 spiro atoms. The molecule has 0 aliphatic carbocycles. The van der Waals surface area contributed by atoms with Gasteiger partial charge in [0, 0.05) is 6.07 Å². The Morgan fingerprint density at radius 1 is 0.857 bits per heavy atom. The second-order valence-electron chi connectivity index (χ2n) is 4.72. The van der Waals surface area contributed by atoms with E-state index in [-0.39, 0.29) is 24.6 Å². The number of oxazole rings is 1. The third kappa shape index (κ3) is 2.21. The van der Waals surface area contributed by atoms with Crippen molar-refractivity contribution < 1.29 is 14.5 Å². The average Bonchev–Trinajstić information content (AvgIpc) is 2.91. The molecule has 4 rings (SSSR count). The van der Waals surface area contributed by atoms with E-state index in [1.807, 2.05) is 54.6 Å². The van der Waals surface area contributed by atoms with Crippen LogP contribution in [0.15, 0.2) is 65.1 Å². The molecule has 0 atom stereocenters. The Hall–Kier alpha value is -2.21. The number of hydrogen-bond donors (Lipinski definition) is 0. The Labute approximate surface area is 133 Å². The van der Waals surface area contributed by atoms with Crippen molar-refractivity contribution in [3.63, 3.8) is 0 Å². The van der Waals surface area contributed by atoms with Crippen molar-refractivity contribution in [2.75, 3.05) is 0 Å². The third-order valence-electron chi connectivity index (χ3n) is 3.47. The van der Waals surface area contributed by atoms with Gasteiger partial charge in [0.2, 0.25) is 11.1 Å². The van der Waals surface area contributed by atoms with Crippen LogP contribution < -0.4 is 10.1 Å². The summed E-state index contributed by atoms with van der Waals surface area (Å²) in [6.45, 7) is 0. The van der Waals surface area contributed by atoms with E-state index in [4.69, 9.17) is 4.42 Å². The normalized spacial score (nSPS) is 10.7. The van der Waals surface area contributed by atoms with Crippen LogP contribution in [0.1, 0.15) is 0 Å². The zero-order chi connectivity index (χ0) is 13.5. The van der Waals surface area contributed by atoms with E-state index in [1.54, 1.807) is 6.07 Å². The molecular formula is C17H11LiNO2-. The van der Waals surface area contributed by atoms with Gasteiger partial charge < -0.3 is 28.4 Å². The molecule has 0 saturated heterocycles. The van der Waals surface area contributed by atoms with Gasteiger partial charge in [-0.25, -0.2) is 0 Å². The van der Waals surface area contributed by atoms with E-state index in [9.17, 15) is 5.11 Å². The molecular weight excluding hydrogens is 257 g/mol. The van der Waals surface area contributed by atoms with Crippen LogP contribution in [-0.4, -0.2) is 18.9 Å². The van der Waals surface area contributed by atoms with Crippen LogP contribution in [0.3, 0.4) is 0 Å². The molecule has 3 aromatic carbocycles. The fourth-order valence-electron chi connectivity index (χ4n) is 2.46. The summed E-state index contributed by atoms with van der Waals surface area (Å²) in [6.07, 6.45) is 0. The van der Waals surface area contributed by atoms with Crippen LogP contribution in [-0.2, 0) is 0 Å². The van der Waals surface area contributed by atoms with Crippen LogP contribution in [0.5, 0.6) is 5.75 Å². The third-order valence-corrected chi connectivity index (χ3v) is 3.47. The number of aromatic nitrogens is 1. The number of rotatable bonds is 1. The predicted molar refractivity (Wildman–Crippen MR) is 80.9 cm³/mol. The monoisotopic (exact) mass is 268 g/mol. The predicted octanol–water partition coefficient (Wildman–Crippen LogP) is 2.76. The van der Waals surface area contributed by atoms with Gasteiger partial charge in [-0.1, -0.05) is 48.2 Å². The molecule has 0 aliphatic heterocycles. The summed E-state index contributed by atoms with van der Waals surface area (Å²) >= 11 is 0. The summed E-state index contributed by atoms with van der Waals surface area (Å²) in [5.74, 6) is 0.486. The summed E-state index contributed by atoms with van der Waals surface area (Å²) in [5, 5.41) is 14.2. The van der Waals surface area contributed by atoms with Crippen molar-refractivity contribution >= 4 is 40.7 Å². The van der Waals surface area contributed by atoms with Gasteiger partial charge in [0.25, 0.3) is 0 Å². The second kappa shape index (κ2) is 5.29. The summed E-state index contributed by atoms with van der Waals surface area (Å²) in [5.41, 5.74) is 2.19. The molecule has 21 heavy (non-hydrogen) atoms. The van der Waals surface area contributed by atoms with Crippen LogP contribution >= 0.6 is 0 Å². The largest absolute Gasteiger partial charge is 1.00 e. The molecule has 4 aromatic rings. The van der Waals surface area contributed by atoms with E-state index < -0.39 is 0 Å². The van der Waals surface area contributed by atoms with E-state index in [2.05, 4.69) is 4.98 Å². The van der Waals surface area contributed by atoms with Gasteiger partial charge in [-0.2, -0.15) is 4.98 Å². The maximum Gasteiger partial charge on any atom is 0.379 e. The van der Waals surface area contributed by atoms with Gasteiger partial charge in [0.15, 0.2) is 0 Å². The Balaban J connectivity index is 0.00000132. The van der Waals surface area contributed by atoms with E-state index in [0.717, 1.165) is 16.5 Å². The first-order chi connectivity index (χ1) is 9.83. The molecule has 0 fully saturated rings. The molecule has 1 aromatic heterocycles. The molecule has 4 heteroatoms. The Kier molecular flexibility index (Phi) is 3.46. The van der Waals surface area contributed by atoms with Crippen molar-refractivity contribution in [1.29, 1.82) is 0 Å². The zero-order valence-corrected chi connectivity index (χ0v) is 11.6. The van der Waals surface area contributed by atoms with Crippen LogP contribution in [0.25, 0.3) is 33.3 Å². The quantitative estimate of drug-likeness (QED) is 0.498. The van der Waals surface area contributed by atoms with E-state index >= 15 is 0 Å². The standard InChI is InChI=1S/C17H11NO2.Li/c19-16-12-6-2-1-5-11(12)9-10-13(16)17-18-14-7-3-4-8-15(14)20-17;/h1-10,19H;/q;-1. The molecule has 0 saturated carbocycles. The minimum Gasteiger partial charge on any atom is -1.00 e. The maximum absolute atomic E-state index is 12.5. The first-order valence-corrected chi connectivity index (χ1v) is 6.43. The zero-order valence-electron chi connectivity index (χ0n) is 11.6. The van der Waals surface area contributed by atoms with Crippen LogP contribution in [0.4, 0.5) is 0 Å². The van der Waals surface area contributed by atoms with Crippen molar-refractivity contribution in [3.8, 4) is 17.2 Å². The topological polar surface area (TPSA) is 50.3 Å². The number of hydrogen-bond acceptors (Lipinski definition) is 2. The van der Waals surface area contributed by atoms with Gasteiger partial charge >= 0.3 is 5.89 Å². The summed E-state index contributed by atoms with van der Waals surface area (Å²) in [6, 6.07) is 18.9. The number of benzene rings is 3. The molecule has 0 aliphatic rings. The van der Waals surface area contributed by atoms with Gasteiger partial charge in [0.1, 0.15) is 0 Å². The summed E-state index contributed by atoms with van der Waals surface area (Å²) in [4.78, 5) is 3.15. The minimum atomic E-state index is -0.0154. The van der Waals surface area contributed by atoms with Crippen LogP contribution in [0.2, 0.25) is 0 Å². The first-order valence-electron chi connectivity index (χ1n) is 6.43. The van der Waals surface area contributed by atoms with E-state index in [0.29, 0.717) is 16.8 Å². The van der Waals surface area contributed by atoms with Crippen molar-refractivity contribution in [1.82, 2.24) is 0 Å².